The third-order valence-corrected chi connectivity index (χ3v) is 3.28. The van der Waals surface area contributed by atoms with Crippen molar-refractivity contribution in [3.63, 3.8) is 0 Å². The van der Waals surface area contributed by atoms with Crippen molar-refractivity contribution >= 4 is 11.8 Å². The number of nitrogens with one attached hydrogen (secondary N) is 1. The molecule has 2 amide bonds. The van der Waals surface area contributed by atoms with Gasteiger partial charge >= 0.3 is 0 Å². The highest BCUT2D eigenvalue weighted by atomic mass is 16.2. The molecule has 4 nitrogen and oxygen atoms in total. The van der Waals surface area contributed by atoms with Crippen LogP contribution in [0.2, 0.25) is 0 Å². The molecule has 0 bridgehead atoms. The summed E-state index contributed by atoms with van der Waals surface area (Å²) in [5.74, 6) is -0.328. The Morgan fingerprint density at radius 2 is 1.95 bits per heavy atom. The van der Waals surface area contributed by atoms with Crippen molar-refractivity contribution in [1.82, 2.24) is 10.2 Å². The van der Waals surface area contributed by atoms with Crippen molar-refractivity contribution < 1.29 is 9.59 Å². The molecule has 100 valence electrons. The highest BCUT2D eigenvalue weighted by Crippen LogP contribution is 2.20. The molecule has 2 rings (SSSR count). The monoisotopic (exact) mass is 258 g/mol. The van der Waals surface area contributed by atoms with Crippen LogP contribution < -0.4 is 5.32 Å². The van der Waals surface area contributed by atoms with Gasteiger partial charge in [0.05, 0.1) is 6.54 Å². The highest BCUT2D eigenvalue weighted by molar-refractivity contribution is 6.10. The summed E-state index contributed by atoms with van der Waals surface area (Å²) in [5, 5.41) is 3.30. The number of carbonyl (C=O) groups excluding carboxylic acids is 2. The number of amides is 2. The fraction of sp³-hybridized carbons (Fsp3) is 0.333. The Morgan fingerprint density at radius 1 is 1.26 bits per heavy atom. The molecule has 1 aliphatic rings. The number of benzene rings is 1. The lowest BCUT2D eigenvalue weighted by molar-refractivity contribution is -0.145. The smallest absolute Gasteiger partial charge is 0.258 e. The van der Waals surface area contributed by atoms with Crippen LogP contribution in [0.1, 0.15) is 19.4 Å². The summed E-state index contributed by atoms with van der Waals surface area (Å²) in [4.78, 5) is 24.0. The molecule has 1 N–H and O–H groups in total. The highest BCUT2D eigenvalue weighted by Gasteiger charge is 2.34. The summed E-state index contributed by atoms with van der Waals surface area (Å²) in [7, 11) is 0. The number of likely N-dealkylation sites (tertiary alicyclic amines) is 1. The van der Waals surface area contributed by atoms with E-state index in [-0.39, 0.29) is 11.8 Å². The van der Waals surface area contributed by atoms with Crippen LogP contribution >= 0.6 is 0 Å². The number of rotatable bonds is 4. The van der Waals surface area contributed by atoms with Crippen LogP contribution in [-0.4, -0.2) is 29.8 Å². The van der Waals surface area contributed by atoms with Gasteiger partial charge in [-0.2, -0.15) is 0 Å². The normalized spacial score (nSPS) is 17.2. The SMILES string of the molecule is CC(=O)N1C/C(=C(/C)CNCc2ccccc2)C1=O. The molecule has 0 unspecified atom stereocenters. The minimum Gasteiger partial charge on any atom is -0.309 e. The molecule has 0 aliphatic carbocycles. The molecule has 1 fully saturated rings. The molecular formula is C15H18N2O2. The number of hydrogen-bond donors (Lipinski definition) is 1. The Labute approximate surface area is 113 Å². The Balaban J connectivity index is 1.84. The zero-order chi connectivity index (χ0) is 13.8. The van der Waals surface area contributed by atoms with Crippen LogP contribution in [0.3, 0.4) is 0 Å². The number of β-lactam (4-membered cyclic amide) rings is 1. The summed E-state index contributed by atoms with van der Waals surface area (Å²) in [6.45, 7) is 5.24. The van der Waals surface area contributed by atoms with Gasteiger partial charge < -0.3 is 5.32 Å². The predicted molar refractivity (Wildman–Crippen MR) is 73.2 cm³/mol. The van der Waals surface area contributed by atoms with Gasteiger partial charge in [0.1, 0.15) is 0 Å². The maximum atomic E-state index is 11.7. The molecule has 1 aromatic carbocycles. The molecule has 1 aliphatic heterocycles. The third kappa shape index (κ3) is 3.09. The first-order valence-electron chi connectivity index (χ1n) is 6.35. The molecule has 0 atom stereocenters. The molecule has 0 aromatic heterocycles. The van der Waals surface area contributed by atoms with Crippen molar-refractivity contribution in [2.75, 3.05) is 13.1 Å². The lowest BCUT2D eigenvalue weighted by Crippen LogP contribution is -2.49. The number of imide groups is 1. The number of hydrogen-bond acceptors (Lipinski definition) is 3. The first kappa shape index (κ1) is 13.5. The van der Waals surface area contributed by atoms with Gasteiger partial charge in [0.25, 0.3) is 5.91 Å². The van der Waals surface area contributed by atoms with Crippen LogP contribution in [-0.2, 0) is 16.1 Å². The molecule has 19 heavy (non-hydrogen) atoms. The van der Waals surface area contributed by atoms with Gasteiger partial charge in [0, 0.05) is 25.6 Å². The first-order valence-corrected chi connectivity index (χ1v) is 6.35. The van der Waals surface area contributed by atoms with E-state index < -0.39 is 0 Å². The van der Waals surface area contributed by atoms with Gasteiger partial charge in [-0.1, -0.05) is 30.3 Å². The van der Waals surface area contributed by atoms with Gasteiger partial charge in [-0.25, -0.2) is 0 Å². The van der Waals surface area contributed by atoms with Crippen molar-refractivity contribution in [3.8, 4) is 0 Å². The molecule has 4 heteroatoms. The molecule has 0 spiro atoms. The van der Waals surface area contributed by atoms with Crippen molar-refractivity contribution in [3.05, 3.63) is 47.0 Å². The summed E-state index contributed by atoms with van der Waals surface area (Å²) in [6.07, 6.45) is 0. The first-order chi connectivity index (χ1) is 9.09. The Bertz CT molecular complexity index is 520. The molecular weight excluding hydrogens is 240 g/mol. The van der Waals surface area contributed by atoms with Gasteiger partial charge in [-0.05, 0) is 18.1 Å². The zero-order valence-electron chi connectivity index (χ0n) is 11.3. The topological polar surface area (TPSA) is 49.4 Å². The van der Waals surface area contributed by atoms with Gasteiger partial charge in [-0.3, -0.25) is 14.5 Å². The van der Waals surface area contributed by atoms with Gasteiger partial charge in [0.2, 0.25) is 5.91 Å². The Hall–Kier alpha value is -1.94. The van der Waals surface area contributed by atoms with Crippen molar-refractivity contribution in [2.24, 2.45) is 0 Å². The van der Waals surface area contributed by atoms with Crippen LogP contribution in [0, 0.1) is 0 Å². The van der Waals surface area contributed by atoms with E-state index in [1.54, 1.807) is 0 Å². The minimum absolute atomic E-state index is 0.147. The summed E-state index contributed by atoms with van der Waals surface area (Å²) in [5.41, 5.74) is 2.99. The van der Waals surface area contributed by atoms with E-state index in [4.69, 9.17) is 0 Å². The molecule has 1 heterocycles. The average Bonchev–Trinajstić information content (AvgIpc) is 2.38. The van der Waals surface area contributed by atoms with Crippen molar-refractivity contribution in [2.45, 2.75) is 20.4 Å². The fourth-order valence-electron chi connectivity index (χ4n) is 2.04. The summed E-state index contributed by atoms with van der Waals surface area (Å²) >= 11 is 0. The number of nitrogens with zero attached hydrogens (tertiary/aromatic N) is 1. The second kappa shape index (κ2) is 5.80. The van der Waals surface area contributed by atoms with Crippen LogP contribution in [0.5, 0.6) is 0 Å². The Morgan fingerprint density at radius 3 is 2.53 bits per heavy atom. The van der Waals surface area contributed by atoms with Crippen molar-refractivity contribution in [1.29, 1.82) is 0 Å². The average molecular weight is 258 g/mol. The van der Waals surface area contributed by atoms with E-state index in [0.29, 0.717) is 13.1 Å². The van der Waals surface area contributed by atoms with Crippen LogP contribution in [0.4, 0.5) is 0 Å². The second-order valence-electron chi connectivity index (χ2n) is 4.76. The molecule has 0 radical (unpaired) electrons. The van der Waals surface area contributed by atoms with Crippen LogP contribution in [0.15, 0.2) is 41.5 Å². The maximum Gasteiger partial charge on any atom is 0.258 e. The summed E-state index contributed by atoms with van der Waals surface area (Å²) < 4.78 is 0. The zero-order valence-corrected chi connectivity index (χ0v) is 11.3. The molecule has 0 saturated carbocycles. The Kier molecular flexibility index (Phi) is 4.12. The fourth-order valence-corrected chi connectivity index (χ4v) is 2.04. The van der Waals surface area contributed by atoms with Gasteiger partial charge in [-0.15, -0.1) is 0 Å². The van der Waals surface area contributed by atoms with E-state index in [2.05, 4.69) is 17.4 Å². The minimum atomic E-state index is -0.182. The quantitative estimate of drug-likeness (QED) is 0.657. The third-order valence-electron chi connectivity index (χ3n) is 3.28. The van der Waals surface area contributed by atoms with Gasteiger partial charge in [0.15, 0.2) is 0 Å². The maximum absolute atomic E-state index is 11.7. The number of carbonyl (C=O) groups is 2. The second-order valence-corrected chi connectivity index (χ2v) is 4.76. The lowest BCUT2D eigenvalue weighted by Gasteiger charge is -2.32. The summed E-state index contributed by atoms with van der Waals surface area (Å²) in [6, 6.07) is 10.1. The standard InChI is InChI=1S/C15H18N2O2/c1-11(14-10-17(12(2)18)15(14)19)8-16-9-13-6-4-3-5-7-13/h3-7,16H,8-10H2,1-2H3/b14-11+. The molecule has 1 aromatic rings. The largest absolute Gasteiger partial charge is 0.309 e. The predicted octanol–water partition coefficient (Wildman–Crippen LogP) is 1.48. The molecule has 1 saturated heterocycles. The van der Waals surface area contributed by atoms with E-state index in [1.807, 2.05) is 25.1 Å². The van der Waals surface area contributed by atoms with E-state index in [1.165, 1.54) is 17.4 Å². The van der Waals surface area contributed by atoms with Crippen LogP contribution in [0.25, 0.3) is 0 Å². The van der Waals surface area contributed by atoms with E-state index in [9.17, 15) is 9.59 Å². The van der Waals surface area contributed by atoms with E-state index in [0.717, 1.165) is 17.7 Å². The van der Waals surface area contributed by atoms with E-state index >= 15 is 0 Å². The lowest BCUT2D eigenvalue weighted by atomic mass is 10.0.